The highest BCUT2D eigenvalue weighted by Gasteiger charge is 2.39. The summed E-state index contributed by atoms with van der Waals surface area (Å²) in [5, 5.41) is 15.6. The number of rotatable bonds is 7. The second-order valence-electron chi connectivity index (χ2n) is 9.57. The molecule has 0 saturated heterocycles. The maximum atomic E-state index is 13.4. The first-order valence-electron chi connectivity index (χ1n) is 12.4. The number of pyridine rings is 1. The lowest BCUT2D eigenvalue weighted by Gasteiger charge is -2.25. The van der Waals surface area contributed by atoms with Gasteiger partial charge in [0.2, 0.25) is 5.88 Å². The molecule has 0 radical (unpaired) electrons. The van der Waals surface area contributed by atoms with E-state index < -0.39 is 41.2 Å². The molecular formula is C27H26F6N4O3. The van der Waals surface area contributed by atoms with Gasteiger partial charge in [-0.25, -0.2) is 4.98 Å². The van der Waals surface area contributed by atoms with Gasteiger partial charge in [-0.05, 0) is 56.4 Å². The molecule has 0 bridgehead atoms. The smallest absolute Gasteiger partial charge is 0.435 e. The van der Waals surface area contributed by atoms with Gasteiger partial charge in [0, 0.05) is 24.5 Å². The predicted molar refractivity (Wildman–Crippen MR) is 132 cm³/mol. The van der Waals surface area contributed by atoms with Crippen LogP contribution in [0.4, 0.5) is 26.3 Å². The van der Waals surface area contributed by atoms with Crippen molar-refractivity contribution in [2.24, 2.45) is 0 Å². The van der Waals surface area contributed by atoms with Crippen LogP contribution in [0.2, 0.25) is 0 Å². The van der Waals surface area contributed by atoms with Gasteiger partial charge in [0.05, 0.1) is 23.8 Å². The molecule has 1 aromatic carbocycles. The molecule has 1 unspecified atom stereocenters. The summed E-state index contributed by atoms with van der Waals surface area (Å²) < 4.78 is 84.9. The Labute approximate surface area is 225 Å². The Morgan fingerprint density at radius 2 is 1.88 bits per heavy atom. The number of ether oxygens (including phenoxy) is 1. The van der Waals surface area contributed by atoms with E-state index in [0.717, 1.165) is 34.1 Å². The molecule has 2 N–H and O–H groups in total. The van der Waals surface area contributed by atoms with E-state index in [-0.39, 0.29) is 18.5 Å². The molecule has 0 aliphatic heterocycles. The average molecular weight is 569 g/mol. The van der Waals surface area contributed by atoms with Crippen LogP contribution < -0.4 is 10.1 Å². The summed E-state index contributed by atoms with van der Waals surface area (Å²) in [6.45, 7) is 1.22. The minimum Gasteiger partial charge on any atom is -0.439 e. The molecule has 4 rings (SSSR count). The summed E-state index contributed by atoms with van der Waals surface area (Å²) >= 11 is 0. The zero-order valence-corrected chi connectivity index (χ0v) is 21.3. The van der Waals surface area contributed by atoms with E-state index in [9.17, 15) is 36.2 Å². The number of carbonyl (C=O) groups excluding carboxylic acids is 1. The number of carbonyl (C=O) groups is 1. The van der Waals surface area contributed by atoms with Crippen LogP contribution in [0.3, 0.4) is 0 Å². The Balaban J connectivity index is 1.36. The van der Waals surface area contributed by atoms with E-state index in [1.165, 1.54) is 6.92 Å². The number of amides is 1. The zero-order valence-electron chi connectivity index (χ0n) is 21.3. The summed E-state index contributed by atoms with van der Waals surface area (Å²) in [5.74, 6) is -0.471. The highest BCUT2D eigenvalue weighted by atomic mass is 19.4. The zero-order chi connectivity index (χ0) is 29.1. The molecule has 1 saturated carbocycles. The van der Waals surface area contributed by atoms with Crippen molar-refractivity contribution in [3.63, 3.8) is 0 Å². The van der Waals surface area contributed by atoms with Crippen LogP contribution in [0, 0.1) is 0 Å². The van der Waals surface area contributed by atoms with Gasteiger partial charge in [0.25, 0.3) is 5.91 Å². The number of alkyl halides is 6. The molecule has 1 atom stereocenters. The standard InChI is InChI=1S/C27H26F6N4O3/c1-16(38)14-37-15-22(24(36-37)27(31,32)33)25(39)35-20-8-5-17(6-9-20)11-18-3-2-4-21(12-18)40-23-10-7-19(13-34-23)26(28,29)30/h2-4,7,10-13,15-16,20,38H,5-6,8-9,14H2,1H3,(H,35,39). The van der Waals surface area contributed by atoms with Gasteiger partial charge >= 0.3 is 12.4 Å². The van der Waals surface area contributed by atoms with Crippen molar-refractivity contribution in [3.8, 4) is 11.6 Å². The lowest BCUT2D eigenvalue weighted by Crippen LogP contribution is -2.37. The number of halogens is 6. The van der Waals surface area contributed by atoms with E-state index in [2.05, 4.69) is 15.4 Å². The third-order valence-electron chi connectivity index (χ3n) is 6.20. The van der Waals surface area contributed by atoms with Crippen LogP contribution in [-0.2, 0) is 18.9 Å². The molecule has 2 aromatic heterocycles. The summed E-state index contributed by atoms with van der Waals surface area (Å²) in [5.41, 5.74) is -0.903. The van der Waals surface area contributed by atoms with Crippen LogP contribution in [0.25, 0.3) is 6.08 Å². The number of nitrogens with zero attached hydrogens (tertiary/aromatic N) is 3. The maximum Gasteiger partial charge on any atom is 0.435 e. The third-order valence-corrected chi connectivity index (χ3v) is 6.20. The number of benzene rings is 1. The quantitative estimate of drug-likeness (QED) is 0.329. The topological polar surface area (TPSA) is 89.3 Å². The minimum atomic E-state index is -4.82. The van der Waals surface area contributed by atoms with Gasteiger partial charge < -0.3 is 15.2 Å². The number of nitrogens with one attached hydrogen (secondary N) is 1. The summed E-state index contributed by atoms with van der Waals surface area (Å²) in [7, 11) is 0. The summed E-state index contributed by atoms with van der Waals surface area (Å²) in [6.07, 6.45) is -4.37. The van der Waals surface area contributed by atoms with Crippen LogP contribution >= 0.6 is 0 Å². The van der Waals surface area contributed by atoms with Gasteiger partial charge in [-0.3, -0.25) is 9.48 Å². The van der Waals surface area contributed by atoms with Crippen molar-refractivity contribution in [1.29, 1.82) is 0 Å². The van der Waals surface area contributed by atoms with E-state index in [1.807, 2.05) is 12.1 Å². The van der Waals surface area contributed by atoms with Crippen LogP contribution in [0.5, 0.6) is 11.6 Å². The highest BCUT2D eigenvalue weighted by Crippen LogP contribution is 2.33. The molecule has 1 fully saturated rings. The number of aliphatic hydroxyl groups excluding tert-OH is 1. The number of allylic oxidation sites excluding steroid dienone is 1. The SMILES string of the molecule is CC(O)Cn1cc(C(=O)NC2CCC(=Cc3cccc(Oc4ccc(C(F)(F)F)cn4)c3)CC2)c(C(F)(F)F)n1. The molecule has 1 aliphatic rings. The van der Waals surface area contributed by atoms with Crippen LogP contribution in [0.1, 0.15) is 59.8 Å². The first kappa shape index (κ1) is 29.1. The first-order chi connectivity index (χ1) is 18.8. The molecule has 1 aliphatic carbocycles. The predicted octanol–water partition coefficient (Wildman–Crippen LogP) is 6.24. The molecule has 2 heterocycles. The van der Waals surface area contributed by atoms with Gasteiger partial charge in [-0.2, -0.15) is 31.4 Å². The second kappa shape index (κ2) is 11.7. The summed E-state index contributed by atoms with van der Waals surface area (Å²) in [4.78, 5) is 16.4. The Kier molecular flexibility index (Phi) is 8.52. The largest absolute Gasteiger partial charge is 0.439 e. The molecule has 214 valence electrons. The van der Waals surface area contributed by atoms with Gasteiger partial charge in [-0.1, -0.05) is 23.8 Å². The van der Waals surface area contributed by atoms with Gasteiger partial charge in [0.1, 0.15) is 5.75 Å². The van der Waals surface area contributed by atoms with Crippen molar-refractivity contribution in [1.82, 2.24) is 20.1 Å². The number of aromatic nitrogens is 3. The van der Waals surface area contributed by atoms with E-state index >= 15 is 0 Å². The lowest BCUT2D eigenvalue weighted by atomic mass is 9.89. The van der Waals surface area contributed by atoms with Crippen molar-refractivity contribution >= 4 is 12.0 Å². The molecular weight excluding hydrogens is 542 g/mol. The molecule has 40 heavy (non-hydrogen) atoms. The Bertz CT molecular complexity index is 1350. The van der Waals surface area contributed by atoms with E-state index in [0.29, 0.717) is 37.6 Å². The summed E-state index contributed by atoms with van der Waals surface area (Å²) in [6, 6.07) is 8.61. The fraction of sp³-hybridized carbons (Fsp3) is 0.370. The van der Waals surface area contributed by atoms with Crippen molar-refractivity contribution in [2.75, 3.05) is 0 Å². The molecule has 13 heteroatoms. The first-order valence-corrected chi connectivity index (χ1v) is 12.4. The average Bonchev–Trinajstić information content (AvgIpc) is 3.29. The second-order valence-corrected chi connectivity index (χ2v) is 9.57. The van der Waals surface area contributed by atoms with E-state index in [4.69, 9.17) is 4.74 Å². The molecule has 7 nitrogen and oxygen atoms in total. The van der Waals surface area contributed by atoms with Gasteiger partial charge in [-0.15, -0.1) is 0 Å². The monoisotopic (exact) mass is 568 g/mol. The lowest BCUT2D eigenvalue weighted by molar-refractivity contribution is -0.142. The fourth-order valence-corrected chi connectivity index (χ4v) is 4.33. The van der Waals surface area contributed by atoms with Crippen molar-refractivity contribution in [2.45, 2.75) is 63.7 Å². The molecule has 3 aromatic rings. The number of aliphatic hydroxyl groups is 1. The minimum absolute atomic E-state index is 0.0131. The van der Waals surface area contributed by atoms with Crippen LogP contribution in [0.15, 0.2) is 54.4 Å². The molecule has 0 spiro atoms. The Morgan fingerprint density at radius 1 is 1.15 bits per heavy atom. The highest BCUT2D eigenvalue weighted by molar-refractivity contribution is 5.95. The Morgan fingerprint density at radius 3 is 2.48 bits per heavy atom. The Hall–Kier alpha value is -3.87. The number of hydrogen-bond acceptors (Lipinski definition) is 5. The van der Waals surface area contributed by atoms with Gasteiger partial charge in [0.15, 0.2) is 5.69 Å². The van der Waals surface area contributed by atoms with E-state index in [1.54, 1.807) is 18.2 Å². The molecule has 1 amide bonds. The maximum absolute atomic E-state index is 13.4. The van der Waals surface area contributed by atoms with Crippen LogP contribution in [-0.4, -0.2) is 37.9 Å². The van der Waals surface area contributed by atoms with Crippen molar-refractivity contribution < 1.29 is 41.0 Å². The fourth-order valence-electron chi connectivity index (χ4n) is 4.33. The third kappa shape index (κ3) is 7.62. The van der Waals surface area contributed by atoms with Crippen molar-refractivity contribution in [3.05, 3.63) is 76.7 Å². The number of hydrogen-bond donors (Lipinski definition) is 2. The normalized spacial score (nSPS) is 16.9.